The summed E-state index contributed by atoms with van der Waals surface area (Å²) in [4.78, 5) is 23.4. The number of nitrogen functional groups attached to an aromatic ring is 1. The third-order valence-electron chi connectivity index (χ3n) is 9.64. The van der Waals surface area contributed by atoms with Crippen molar-refractivity contribution in [3.05, 3.63) is 40.8 Å². The zero-order chi connectivity index (χ0) is 28.6. The zero-order valence-electron chi connectivity index (χ0n) is 23.6. The molecule has 2 bridgehead atoms. The molecular formula is C31H33ClFN7O2. The van der Waals surface area contributed by atoms with Gasteiger partial charge in [0.05, 0.1) is 28.2 Å². The SMILES string of the molecule is Cc1ccc2cc(N)nc(-c3ncc4c(N5CC6CCC(C5)O6)nc(OCC56CCCN5CCC6)nc4c3F)c2c1Cl. The molecule has 3 aromatic heterocycles. The third-order valence-corrected chi connectivity index (χ3v) is 10.1. The van der Waals surface area contributed by atoms with Crippen LogP contribution in [0.25, 0.3) is 33.1 Å². The molecule has 42 heavy (non-hydrogen) atoms. The number of nitrogens with zero attached hydrogens (tertiary/aromatic N) is 6. The van der Waals surface area contributed by atoms with Crippen LogP contribution in [0, 0.1) is 12.7 Å². The summed E-state index contributed by atoms with van der Waals surface area (Å²) in [5.74, 6) is 0.280. The number of benzene rings is 1. The molecule has 2 N–H and O–H groups in total. The summed E-state index contributed by atoms with van der Waals surface area (Å²) in [6.45, 7) is 5.94. The number of aromatic nitrogens is 4. The van der Waals surface area contributed by atoms with Crippen molar-refractivity contribution < 1.29 is 13.9 Å². The van der Waals surface area contributed by atoms with Crippen molar-refractivity contribution in [2.75, 3.05) is 43.4 Å². The van der Waals surface area contributed by atoms with Gasteiger partial charge in [0.1, 0.15) is 35.1 Å². The van der Waals surface area contributed by atoms with E-state index in [1.807, 2.05) is 19.1 Å². The van der Waals surface area contributed by atoms with Crippen LogP contribution in [0.1, 0.15) is 44.1 Å². The van der Waals surface area contributed by atoms with Gasteiger partial charge in [0, 0.05) is 24.7 Å². The molecule has 4 saturated heterocycles. The molecule has 1 aromatic carbocycles. The molecule has 8 rings (SSSR count). The molecule has 9 nitrogen and oxygen atoms in total. The maximum absolute atomic E-state index is 16.7. The minimum atomic E-state index is -0.601. The van der Waals surface area contributed by atoms with Crippen molar-refractivity contribution in [2.24, 2.45) is 0 Å². The molecule has 11 heteroatoms. The molecular weight excluding hydrogens is 557 g/mol. The van der Waals surface area contributed by atoms with E-state index in [2.05, 4.69) is 24.8 Å². The molecule has 4 aromatic rings. The number of halogens is 2. The first-order valence-electron chi connectivity index (χ1n) is 14.9. The molecule has 4 aliphatic rings. The average molecular weight is 590 g/mol. The summed E-state index contributed by atoms with van der Waals surface area (Å²) in [6, 6.07) is 5.73. The topological polar surface area (TPSA) is 103 Å². The maximum Gasteiger partial charge on any atom is 0.319 e. The lowest BCUT2D eigenvalue weighted by molar-refractivity contribution is 0.0302. The van der Waals surface area contributed by atoms with Crippen LogP contribution in [0.4, 0.5) is 16.0 Å². The predicted octanol–water partition coefficient (Wildman–Crippen LogP) is 5.30. The fourth-order valence-electron chi connectivity index (χ4n) is 7.54. The van der Waals surface area contributed by atoms with Gasteiger partial charge in [-0.1, -0.05) is 23.7 Å². The third kappa shape index (κ3) is 4.18. The van der Waals surface area contributed by atoms with Gasteiger partial charge in [-0.25, -0.2) is 9.37 Å². The number of ether oxygens (including phenoxy) is 2. The van der Waals surface area contributed by atoms with Crippen molar-refractivity contribution in [1.29, 1.82) is 0 Å². The molecule has 2 unspecified atom stereocenters. The summed E-state index contributed by atoms with van der Waals surface area (Å²) < 4.78 is 29.2. The van der Waals surface area contributed by atoms with Gasteiger partial charge < -0.3 is 20.1 Å². The highest BCUT2D eigenvalue weighted by Crippen LogP contribution is 2.41. The Kier molecular flexibility index (Phi) is 6.17. The summed E-state index contributed by atoms with van der Waals surface area (Å²) in [5.41, 5.74) is 7.50. The molecule has 0 radical (unpaired) electrons. The van der Waals surface area contributed by atoms with Crippen LogP contribution in [-0.2, 0) is 4.74 Å². The minimum absolute atomic E-state index is 0.0114. The molecule has 0 saturated carbocycles. The Bertz CT molecular complexity index is 1710. The van der Waals surface area contributed by atoms with E-state index in [-0.39, 0.29) is 46.5 Å². The summed E-state index contributed by atoms with van der Waals surface area (Å²) in [6.07, 6.45) is 8.44. The van der Waals surface area contributed by atoms with E-state index in [1.165, 1.54) is 0 Å². The maximum atomic E-state index is 16.7. The van der Waals surface area contributed by atoms with E-state index >= 15 is 4.39 Å². The number of hydrogen-bond donors (Lipinski definition) is 1. The highest BCUT2D eigenvalue weighted by Gasteiger charge is 2.45. The van der Waals surface area contributed by atoms with Crippen LogP contribution in [0.15, 0.2) is 24.4 Å². The second-order valence-electron chi connectivity index (χ2n) is 12.3. The van der Waals surface area contributed by atoms with Crippen LogP contribution in [0.2, 0.25) is 5.02 Å². The van der Waals surface area contributed by atoms with Crippen LogP contribution >= 0.6 is 11.6 Å². The van der Waals surface area contributed by atoms with Gasteiger partial charge in [0.25, 0.3) is 0 Å². The van der Waals surface area contributed by atoms with Gasteiger partial charge in [0.2, 0.25) is 0 Å². The second-order valence-corrected chi connectivity index (χ2v) is 12.7. The number of morpholine rings is 1. The van der Waals surface area contributed by atoms with E-state index in [9.17, 15) is 0 Å². The number of nitrogens with two attached hydrogens (primary N) is 1. The molecule has 0 amide bonds. The lowest BCUT2D eigenvalue weighted by atomic mass is 9.95. The van der Waals surface area contributed by atoms with Gasteiger partial charge >= 0.3 is 6.01 Å². The van der Waals surface area contributed by atoms with Gasteiger partial charge in [-0.2, -0.15) is 9.97 Å². The number of rotatable bonds is 5. The largest absolute Gasteiger partial charge is 0.461 e. The van der Waals surface area contributed by atoms with Crippen LogP contribution < -0.4 is 15.4 Å². The number of pyridine rings is 2. The molecule has 218 valence electrons. The fraction of sp³-hybridized carbons (Fsp3) is 0.484. The van der Waals surface area contributed by atoms with E-state index in [1.54, 1.807) is 12.3 Å². The van der Waals surface area contributed by atoms with Gasteiger partial charge in [-0.15, -0.1) is 0 Å². The van der Waals surface area contributed by atoms with Crippen LogP contribution in [0.5, 0.6) is 6.01 Å². The van der Waals surface area contributed by atoms with Crippen molar-refractivity contribution >= 4 is 44.9 Å². The normalized spacial score (nSPS) is 23.3. The lowest BCUT2D eigenvalue weighted by Gasteiger charge is -2.34. The Morgan fingerprint density at radius 1 is 1.10 bits per heavy atom. The monoisotopic (exact) mass is 589 g/mol. The summed E-state index contributed by atoms with van der Waals surface area (Å²) in [7, 11) is 0. The fourth-order valence-corrected chi connectivity index (χ4v) is 7.81. The first kappa shape index (κ1) is 26.3. The Hall–Kier alpha value is -3.34. The van der Waals surface area contributed by atoms with Crippen molar-refractivity contribution in [3.8, 4) is 17.4 Å². The number of hydrogen-bond acceptors (Lipinski definition) is 9. The molecule has 7 heterocycles. The average Bonchev–Trinajstić information content (AvgIpc) is 3.67. The van der Waals surface area contributed by atoms with Gasteiger partial charge in [0.15, 0.2) is 5.82 Å². The Balaban J connectivity index is 1.27. The van der Waals surface area contributed by atoms with E-state index < -0.39 is 5.82 Å². The first-order valence-corrected chi connectivity index (χ1v) is 15.3. The quantitative estimate of drug-likeness (QED) is 0.332. The standard InChI is InChI=1S/C31H33ClFN7O2/c1-17-4-5-18-12-22(34)36-27(23(18)24(17)32)28-25(33)26-21(13-35-28)29(39-14-19-6-7-20(15-39)42-19)38-30(37-26)41-16-31-8-2-10-40(31)11-3-9-31/h4-5,12-13,19-20H,2-3,6-11,14-16H2,1H3,(H2,34,36). The van der Waals surface area contributed by atoms with Crippen molar-refractivity contribution in [3.63, 3.8) is 0 Å². The van der Waals surface area contributed by atoms with Crippen LogP contribution in [0.3, 0.4) is 0 Å². The highest BCUT2D eigenvalue weighted by atomic mass is 35.5. The minimum Gasteiger partial charge on any atom is -0.461 e. The Morgan fingerprint density at radius 3 is 2.62 bits per heavy atom. The first-order chi connectivity index (χ1) is 20.4. The molecule has 0 aliphatic carbocycles. The van der Waals surface area contributed by atoms with E-state index in [0.717, 1.165) is 62.6 Å². The summed E-state index contributed by atoms with van der Waals surface area (Å²) >= 11 is 6.74. The van der Waals surface area contributed by atoms with Gasteiger partial charge in [-0.3, -0.25) is 9.88 Å². The Labute approximate surface area is 248 Å². The lowest BCUT2D eigenvalue weighted by Crippen LogP contribution is -2.44. The highest BCUT2D eigenvalue weighted by molar-refractivity contribution is 6.37. The van der Waals surface area contributed by atoms with Crippen molar-refractivity contribution in [1.82, 2.24) is 24.8 Å². The second kappa shape index (κ2) is 9.86. The molecule has 0 spiro atoms. The van der Waals surface area contributed by atoms with E-state index in [4.69, 9.17) is 31.8 Å². The van der Waals surface area contributed by atoms with Crippen LogP contribution in [-0.4, -0.2) is 75.4 Å². The van der Waals surface area contributed by atoms with Crippen molar-refractivity contribution in [2.45, 2.75) is 63.2 Å². The smallest absolute Gasteiger partial charge is 0.319 e. The number of aryl methyl sites for hydroxylation is 1. The van der Waals surface area contributed by atoms with E-state index in [0.29, 0.717) is 41.3 Å². The zero-order valence-corrected chi connectivity index (χ0v) is 24.3. The molecule has 2 atom stereocenters. The summed E-state index contributed by atoms with van der Waals surface area (Å²) in [5, 5.41) is 2.39. The van der Waals surface area contributed by atoms with Gasteiger partial charge in [-0.05, 0) is 75.6 Å². The molecule has 4 fully saturated rings. The molecule has 4 aliphatic heterocycles. The number of fused-ring (bicyclic) bond motifs is 5. The number of anilines is 2. The Morgan fingerprint density at radius 2 is 1.86 bits per heavy atom. The predicted molar refractivity (Wildman–Crippen MR) is 161 cm³/mol.